The Morgan fingerprint density at radius 1 is 1.12 bits per heavy atom. The highest BCUT2D eigenvalue weighted by Crippen LogP contribution is 2.37. The van der Waals surface area contributed by atoms with E-state index in [1.165, 1.54) is 17.5 Å². The number of aliphatic hydroxyl groups excluding tert-OH is 1. The van der Waals surface area contributed by atoms with Crippen molar-refractivity contribution in [1.29, 1.82) is 0 Å². The molecule has 1 saturated carbocycles. The van der Waals surface area contributed by atoms with Crippen LogP contribution in [-0.2, 0) is 24.2 Å². The Labute approximate surface area is 200 Å². The van der Waals surface area contributed by atoms with Gasteiger partial charge >= 0.3 is 0 Å². The van der Waals surface area contributed by atoms with Crippen molar-refractivity contribution in [3.63, 3.8) is 0 Å². The monoisotopic (exact) mass is 463 g/mol. The molecule has 3 heterocycles. The first kappa shape index (κ1) is 22.9. The van der Waals surface area contributed by atoms with Gasteiger partial charge in [0.15, 0.2) is 0 Å². The summed E-state index contributed by atoms with van der Waals surface area (Å²) in [4.78, 5) is 37.5. The van der Waals surface area contributed by atoms with Crippen molar-refractivity contribution in [2.45, 2.75) is 44.8 Å². The molecule has 0 spiro atoms. The minimum atomic E-state index is -0.647. The second-order valence-electron chi connectivity index (χ2n) is 9.93. The third-order valence-corrected chi connectivity index (χ3v) is 7.38. The topological polar surface area (TPSA) is 98.7 Å². The molecule has 1 aromatic heterocycles. The van der Waals surface area contributed by atoms with Gasteiger partial charge in [0.2, 0.25) is 5.91 Å². The minimum absolute atomic E-state index is 0.157. The van der Waals surface area contributed by atoms with Crippen LogP contribution in [0.15, 0.2) is 36.7 Å². The molecule has 34 heavy (non-hydrogen) atoms. The van der Waals surface area contributed by atoms with E-state index in [0.717, 1.165) is 64.0 Å². The van der Waals surface area contributed by atoms with Gasteiger partial charge in [-0.05, 0) is 55.2 Å². The molecule has 5 rings (SSSR count). The molecule has 1 aromatic carbocycles. The number of benzene rings is 1. The summed E-state index contributed by atoms with van der Waals surface area (Å²) >= 11 is 0. The number of rotatable bonds is 8. The average Bonchev–Trinajstić information content (AvgIpc) is 2.78. The average molecular weight is 464 g/mol. The molecule has 0 unspecified atom stereocenters. The molecule has 1 atom stereocenters. The van der Waals surface area contributed by atoms with Crippen molar-refractivity contribution >= 4 is 11.8 Å². The fourth-order valence-corrected chi connectivity index (χ4v) is 5.20. The first-order valence-electron chi connectivity index (χ1n) is 12.4. The maximum absolute atomic E-state index is 12.6. The van der Waals surface area contributed by atoms with Gasteiger partial charge < -0.3 is 15.3 Å². The summed E-state index contributed by atoms with van der Waals surface area (Å²) < 4.78 is 0. The number of aliphatic hydroxyl groups is 1. The van der Waals surface area contributed by atoms with E-state index < -0.39 is 6.10 Å². The summed E-state index contributed by atoms with van der Waals surface area (Å²) in [6, 6.07) is 10.1. The van der Waals surface area contributed by atoms with Crippen LogP contribution in [0.3, 0.4) is 0 Å². The Morgan fingerprint density at radius 3 is 2.68 bits per heavy atom. The highest BCUT2D eigenvalue weighted by molar-refractivity contribution is 5.92. The van der Waals surface area contributed by atoms with Gasteiger partial charge in [-0.1, -0.05) is 24.3 Å². The molecule has 3 aliphatic rings. The van der Waals surface area contributed by atoms with Gasteiger partial charge in [-0.25, -0.2) is 9.97 Å². The third kappa shape index (κ3) is 5.28. The third-order valence-electron chi connectivity index (χ3n) is 7.38. The van der Waals surface area contributed by atoms with E-state index >= 15 is 0 Å². The summed E-state index contributed by atoms with van der Waals surface area (Å²) in [7, 11) is 0. The number of nitrogens with zero attached hydrogens (tertiary/aromatic N) is 4. The molecule has 8 heteroatoms. The second kappa shape index (κ2) is 10.2. The van der Waals surface area contributed by atoms with Crippen LogP contribution < -0.4 is 5.32 Å². The zero-order chi connectivity index (χ0) is 23.5. The molecular weight excluding hydrogens is 430 g/mol. The summed E-state index contributed by atoms with van der Waals surface area (Å²) in [5.74, 6) is 0.589. The van der Waals surface area contributed by atoms with E-state index in [4.69, 9.17) is 0 Å². The predicted molar refractivity (Wildman–Crippen MR) is 127 cm³/mol. The predicted octanol–water partition coefficient (Wildman–Crippen LogP) is 1.43. The van der Waals surface area contributed by atoms with Crippen LogP contribution in [-0.4, -0.2) is 75.5 Å². The summed E-state index contributed by atoms with van der Waals surface area (Å²) in [6.45, 7) is 4.24. The highest BCUT2D eigenvalue weighted by atomic mass is 16.3. The molecule has 1 saturated heterocycles. The molecule has 2 fully saturated rings. The SMILES string of the molecule is O=C(NC[C@H](O)CN1CCc2ccccc2C1)c1cc(CC2CC(C(=O)N3CCC3)C2)ncn1. The van der Waals surface area contributed by atoms with Crippen LogP contribution in [0.25, 0.3) is 0 Å². The van der Waals surface area contributed by atoms with Gasteiger partial charge in [-0.2, -0.15) is 0 Å². The molecule has 0 radical (unpaired) electrons. The molecule has 1 aliphatic carbocycles. The number of fused-ring (bicyclic) bond motifs is 1. The molecule has 2 aromatic rings. The summed E-state index contributed by atoms with van der Waals surface area (Å²) in [5, 5.41) is 13.3. The lowest BCUT2D eigenvalue weighted by Gasteiger charge is -2.40. The van der Waals surface area contributed by atoms with Crippen molar-refractivity contribution in [2.24, 2.45) is 11.8 Å². The minimum Gasteiger partial charge on any atom is -0.390 e. The van der Waals surface area contributed by atoms with Crippen LogP contribution in [0.5, 0.6) is 0 Å². The van der Waals surface area contributed by atoms with Gasteiger partial charge in [-0.3, -0.25) is 14.5 Å². The van der Waals surface area contributed by atoms with Gasteiger partial charge in [0.1, 0.15) is 12.0 Å². The van der Waals surface area contributed by atoms with Crippen LogP contribution in [0.1, 0.15) is 46.6 Å². The smallest absolute Gasteiger partial charge is 0.270 e. The Balaban J connectivity index is 1.06. The Morgan fingerprint density at radius 2 is 1.91 bits per heavy atom. The lowest BCUT2D eigenvalue weighted by molar-refractivity contribution is -0.143. The Kier molecular flexibility index (Phi) is 6.87. The first-order chi connectivity index (χ1) is 16.5. The number of nitrogens with one attached hydrogen (secondary N) is 1. The number of hydrogen-bond donors (Lipinski definition) is 2. The molecule has 2 amide bonds. The number of β-amino-alcohol motifs (C(OH)–C–C–N with tert-alkyl or cyclic N) is 1. The molecule has 0 bridgehead atoms. The standard InChI is InChI=1S/C26H33N5O3/c32-23(16-30-9-6-19-4-1-2-5-20(19)15-30)14-27-25(33)24-13-22(28-17-29-24)12-18-10-21(11-18)26(34)31-7-3-8-31/h1-2,4-5,13,17-18,21,23,32H,3,6-12,14-16H2,(H,27,33)/t18?,21?,23-/m0/s1. The van der Waals surface area contributed by atoms with Gasteiger partial charge in [-0.15, -0.1) is 0 Å². The van der Waals surface area contributed by atoms with Gasteiger partial charge in [0.25, 0.3) is 5.91 Å². The number of carbonyl (C=O) groups is 2. The Bertz CT molecular complexity index is 1030. The van der Waals surface area contributed by atoms with E-state index in [2.05, 4.69) is 38.4 Å². The molecule has 8 nitrogen and oxygen atoms in total. The number of amides is 2. The first-order valence-corrected chi connectivity index (χ1v) is 12.4. The zero-order valence-corrected chi connectivity index (χ0v) is 19.5. The van der Waals surface area contributed by atoms with Crippen molar-refractivity contribution < 1.29 is 14.7 Å². The van der Waals surface area contributed by atoms with Crippen LogP contribution in [0, 0.1) is 11.8 Å². The number of likely N-dealkylation sites (tertiary alicyclic amines) is 1. The van der Waals surface area contributed by atoms with E-state index in [9.17, 15) is 14.7 Å². The Hall–Kier alpha value is -2.84. The van der Waals surface area contributed by atoms with Crippen molar-refractivity contribution in [3.8, 4) is 0 Å². The molecule has 2 N–H and O–H groups in total. The van der Waals surface area contributed by atoms with Crippen molar-refractivity contribution in [3.05, 3.63) is 59.2 Å². The number of carbonyl (C=O) groups excluding carboxylic acids is 2. The van der Waals surface area contributed by atoms with E-state index in [1.807, 2.05) is 11.0 Å². The largest absolute Gasteiger partial charge is 0.390 e. The van der Waals surface area contributed by atoms with E-state index in [0.29, 0.717) is 24.1 Å². The fourth-order valence-electron chi connectivity index (χ4n) is 5.20. The second-order valence-corrected chi connectivity index (χ2v) is 9.93. The molecule has 180 valence electrons. The van der Waals surface area contributed by atoms with Crippen LogP contribution in [0.2, 0.25) is 0 Å². The van der Waals surface area contributed by atoms with E-state index in [1.54, 1.807) is 6.07 Å². The lowest BCUT2D eigenvalue weighted by atomic mass is 9.72. The maximum atomic E-state index is 12.6. The van der Waals surface area contributed by atoms with Gasteiger partial charge in [0, 0.05) is 50.9 Å². The van der Waals surface area contributed by atoms with Gasteiger partial charge in [0.05, 0.1) is 6.10 Å². The van der Waals surface area contributed by atoms with Crippen molar-refractivity contribution in [2.75, 3.05) is 32.7 Å². The summed E-state index contributed by atoms with van der Waals surface area (Å²) in [6.07, 6.45) is 5.43. The maximum Gasteiger partial charge on any atom is 0.270 e. The van der Waals surface area contributed by atoms with Crippen LogP contribution >= 0.6 is 0 Å². The molecular formula is C26H33N5O3. The number of hydrogen-bond acceptors (Lipinski definition) is 6. The summed E-state index contributed by atoms with van der Waals surface area (Å²) in [5.41, 5.74) is 3.83. The number of aromatic nitrogens is 2. The highest BCUT2D eigenvalue weighted by Gasteiger charge is 2.38. The lowest BCUT2D eigenvalue weighted by Crippen LogP contribution is -2.48. The normalized spacial score (nSPS) is 22.8. The zero-order valence-electron chi connectivity index (χ0n) is 19.5. The fraction of sp³-hybridized carbons (Fsp3) is 0.538. The van der Waals surface area contributed by atoms with Crippen LogP contribution in [0.4, 0.5) is 0 Å². The quantitative estimate of drug-likeness (QED) is 0.615. The molecule has 2 aliphatic heterocycles. The van der Waals surface area contributed by atoms with E-state index in [-0.39, 0.29) is 18.4 Å². The van der Waals surface area contributed by atoms with Crippen molar-refractivity contribution in [1.82, 2.24) is 25.1 Å².